The minimum atomic E-state index is -4.80. The van der Waals surface area contributed by atoms with Crippen LogP contribution in [0.15, 0.2) is 12.2 Å². The van der Waals surface area contributed by atoms with E-state index in [2.05, 4.69) is 4.84 Å². The van der Waals surface area contributed by atoms with E-state index in [-0.39, 0.29) is 11.6 Å². The molecule has 0 aliphatic carbocycles. The monoisotopic (exact) mass is 346 g/mol. The fraction of sp³-hybridized carbons (Fsp3) is 0.364. The SMILES string of the molecule is O=C(CCN1C(=O)C=CC1=O)ON1C(=O)CC(S(=O)(=O)O)C1=O. The van der Waals surface area contributed by atoms with Crippen LogP contribution in [0.25, 0.3) is 0 Å². The van der Waals surface area contributed by atoms with E-state index in [1.807, 2.05) is 0 Å². The number of carbonyl (C=O) groups is 5. The Balaban J connectivity index is 1.93. The first-order valence-electron chi connectivity index (χ1n) is 6.18. The third-order valence-corrected chi connectivity index (χ3v) is 4.14. The maximum Gasteiger partial charge on any atom is 0.335 e. The van der Waals surface area contributed by atoms with E-state index in [0.29, 0.717) is 0 Å². The van der Waals surface area contributed by atoms with Crippen molar-refractivity contribution in [3.05, 3.63) is 12.2 Å². The van der Waals surface area contributed by atoms with Crippen LogP contribution in [0.4, 0.5) is 0 Å². The van der Waals surface area contributed by atoms with Crippen LogP contribution < -0.4 is 0 Å². The summed E-state index contributed by atoms with van der Waals surface area (Å²) in [7, 11) is -4.80. The lowest BCUT2D eigenvalue weighted by atomic mass is 10.4. The second-order valence-corrected chi connectivity index (χ2v) is 6.21. The predicted octanol–water partition coefficient (Wildman–Crippen LogP) is -2.22. The quantitative estimate of drug-likeness (QED) is 0.430. The number of hydroxylamine groups is 2. The van der Waals surface area contributed by atoms with E-state index >= 15 is 0 Å². The van der Waals surface area contributed by atoms with Crippen molar-refractivity contribution in [1.29, 1.82) is 0 Å². The average Bonchev–Trinajstić information content (AvgIpc) is 2.90. The predicted molar refractivity (Wildman–Crippen MR) is 68.4 cm³/mol. The number of hydrogen-bond donors (Lipinski definition) is 1. The van der Waals surface area contributed by atoms with E-state index in [4.69, 9.17) is 4.55 Å². The molecule has 0 saturated carbocycles. The summed E-state index contributed by atoms with van der Waals surface area (Å²) in [5.74, 6) is -4.87. The zero-order valence-corrected chi connectivity index (χ0v) is 12.2. The lowest BCUT2D eigenvalue weighted by molar-refractivity contribution is -0.197. The van der Waals surface area contributed by atoms with Crippen LogP contribution in [0.3, 0.4) is 0 Å². The molecule has 0 aromatic rings. The topological polar surface area (TPSA) is 155 Å². The lowest BCUT2D eigenvalue weighted by Crippen LogP contribution is -2.38. The van der Waals surface area contributed by atoms with Gasteiger partial charge >= 0.3 is 5.97 Å². The van der Waals surface area contributed by atoms with Crippen LogP contribution in [0.5, 0.6) is 0 Å². The van der Waals surface area contributed by atoms with Crippen LogP contribution in [0.2, 0.25) is 0 Å². The molecule has 1 atom stereocenters. The van der Waals surface area contributed by atoms with Gasteiger partial charge in [-0.25, -0.2) is 4.79 Å². The molecule has 11 nitrogen and oxygen atoms in total. The first kappa shape index (κ1) is 16.8. The normalized spacial score (nSPS) is 21.5. The molecule has 0 aromatic carbocycles. The number of amides is 4. The van der Waals surface area contributed by atoms with Crippen molar-refractivity contribution in [2.45, 2.75) is 18.1 Å². The summed E-state index contributed by atoms with van der Waals surface area (Å²) in [6.07, 6.45) is 0.667. The van der Waals surface area contributed by atoms with E-state index in [9.17, 15) is 32.4 Å². The maximum absolute atomic E-state index is 11.6. The minimum absolute atomic E-state index is 0.0490. The highest BCUT2D eigenvalue weighted by molar-refractivity contribution is 7.87. The van der Waals surface area contributed by atoms with Gasteiger partial charge in [-0.2, -0.15) is 8.42 Å². The molecule has 2 aliphatic rings. The van der Waals surface area contributed by atoms with Crippen molar-refractivity contribution < 1.29 is 41.8 Å². The Morgan fingerprint density at radius 3 is 2.26 bits per heavy atom. The Labute approximate surface area is 129 Å². The van der Waals surface area contributed by atoms with Crippen LogP contribution in [-0.4, -0.2) is 64.3 Å². The van der Waals surface area contributed by atoms with Crippen molar-refractivity contribution >= 4 is 39.7 Å². The molecule has 2 rings (SSSR count). The van der Waals surface area contributed by atoms with Crippen molar-refractivity contribution in [3.63, 3.8) is 0 Å². The number of rotatable bonds is 5. The Morgan fingerprint density at radius 2 is 1.78 bits per heavy atom. The Morgan fingerprint density at radius 1 is 1.22 bits per heavy atom. The number of hydrogen-bond acceptors (Lipinski definition) is 8. The third kappa shape index (κ3) is 3.43. The molecule has 12 heteroatoms. The van der Waals surface area contributed by atoms with Gasteiger partial charge in [0.1, 0.15) is 0 Å². The lowest BCUT2D eigenvalue weighted by Gasteiger charge is -2.15. The molecule has 0 aromatic heterocycles. The van der Waals surface area contributed by atoms with E-state index in [0.717, 1.165) is 17.1 Å². The van der Waals surface area contributed by atoms with Gasteiger partial charge in [0.25, 0.3) is 33.7 Å². The molecule has 1 fully saturated rings. The van der Waals surface area contributed by atoms with Gasteiger partial charge in [0.15, 0.2) is 5.25 Å². The fourth-order valence-electron chi connectivity index (χ4n) is 1.91. The van der Waals surface area contributed by atoms with Crippen molar-refractivity contribution in [1.82, 2.24) is 9.96 Å². The summed E-state index contributed by atoms with van der Waals surface area (Å²) < 4.78 is 30.6. The summed E-state index contributed by atoms with van der Waals surface area (Å²) in [6, 6.07) is 0. The van der Waals surface area contributed by atoms with Gasteiger partial charge in [0, 0.05) is 18.7 Å². The standard InChI is InChI=1S/C11H10N2O9S/c14-7-1-2-8(15)12(7)4-3-10(17)22-13-9(16)5-6(11(13)18)23(19,20)21/h1-2,6H,3-5H2,(H,19,20,21). The molecular formula is C11H10N2O9S. The van der Waals surface area contributed by atoms with Gasteiger partial charge in [-0.3, -0.25) is 28.6 Å². The van der Waals surface area contributed by atoms with Crippen molar-refractivity contribution in [3.8, 4) is 0 Å². The molecule has 1 unspecified atom stereocenters. The van der Waals surface area contributed by atoms with E-state index < -0.39 is 57.8 Å². The average molecular weight is 346 g/mol. The van der Waals surface area contributed by atoms with Crippen LogP contribution in [-0.2, 0) is 38.9 Å². The van der Waals surface area contributed by atoms with E-state index in [1.54, 1.807) is 0 Å². The molecule has 2 heterocycles. The van der Waals surface area contributed by atoms with Crippen molar-refractivity contribution in [2.75, 3.05) is 6.54 Å². The first-order chi connectivity index (χ1) is 10.6. The molecule has 23 heavy (non-hydrogen) atoms. The summed E-state index contributed by atoms with van der Waals surface area (Å²) in [4.78, 5) is 62.3. The third-order valence-electron chi connectivity index (χ3n) is 3.05. The summed E-state index contributed by atoms with van der Waals surface area (Å²) in [6.45, 7) is -0.332. The summed E-state index contributed by atoms with van der Waals surface area (Å²) in [5.41, 5.74) is 0. The van der Waals surface area contributed by atoms with Gasteiger partial charge in [-0.1, -0.05) is 0 Å². The molecular weight excluding hydrogens is 336 g/mol. The molecule has 0 spiro atoms. The molecule has 0 bridgehead atoms. The van der Waals surface area contributed by atoms with Gasteiger partial charge < -0.3 is 4.84 Å². The van der Waals surface area contributed by atoms with Gasteiger partial charge in [-0.05, 0) is 0 Å². The second kappa shape index (κ2) is 5.89. The van der Waals surface area contributed by atoms with Crippen LogP contribution in [0, 0.1) is 0 Å². The zero-order chi connectivity index (χ0) is 17.4. The largest absolute Gasteiger partial charge is 0.335 e. The minimum Gasteiger partial charge on any atom is -0.330 e. The Bertz CT molecular complexity index is 721. The van der Waals surface area contributed by atoms with Crippen molar-refractivity contribution in [2.24, 2.45) is 0 Å². The highest BCUT2D eigenvalue weighted by atomic mass is 32.2. The van der Waals surface area contributed by atoms with Crippen LogP contribution in [0.1, 0.15) is 12.8 Å². The maximum atomic E-state index is 11.6. The molecule has 124 valence electrons. The van der Waals surface area contributed by atoms with Gasteiger partial charge in [-0.15, -0.1) is 5.06 Å². The van der Waals surface area contributed by atoms with Gasteiger partial charge in [0.2, 0.25) is 0 Å². The smallest absolute Gasteiger partial charge is 0.330 e. The van der Waals surface area contributed by atoms with Crippen LogP contribution >= 0.6 is 0 Å². The molecule has 1 N–H and O–H groups in total. The second-order valence-electron chi connectivity index (χ2n) is 4.61. The number of nitrogens with zero attached hydrogens (tertiary/aromatic N) is 2. The highest BCUT2D eigenvalue weighted by Gasteiger charge is 2.48. The molecule has 0 radical (unpaired) electrons. The summed E-state index contributed by atoms with van der Waals surface area (Å²) >= 11 is 0. The number of carbonyl (C=O) groups excluding carboxylic acids is 5. The highest BCUT2D eigenvalue weighted by Crippen LogP contribution is 2.20. The van der Waals surface area contributed by atoms with Gasteiger partial charge in [0.05, 0.1) is 12.8 Å². The summed E-state index contributed by atoms with van der Waals surface area (Å²) in [5, 5.41) is -2.07. The molecule has 4 amide bonds. The van der Waals surface area contributed by atoms with E-state index in [1.165, 1.54) is 0 Å². The fourth-order valence-corrected chi connectivity index (χ4v) is 2.62. The first-order valence-corrected chi connectivity index (χ1v) is 7.69. The Kier molecular flexibility index (Phi) is 4.29. The Hall–Kier alpha value is -2.60. The zero-order valence-electron chi connectivity index (χ0n) is 11.4. The number of imide groups is 2. The molecule has 2 aliphatic heterocycles. The molecule has 1 saturated heterocycles.